The minimum atomic E-state index is -0.974. The molecule has 1 N–H and O–H groups in total. The molecule has 2 heterocycles. The van der Waals surface area contributed by atoms with E-state index in [9.17, 15) is 9.90 Å². The highest BCUT2D eigenvalue weighted by molar-refractivity contribution is 7.99. The second kappa shape index (κ2) is 5.36. The van der Waals surface area contributed by atoms with Gasteiger partial charge in [-0.2, -0.15) is 0 Å². The van der Waals surface area contributed by atoms with Crippen molar-refractivity contribution in [2.45, 2.75) is 30.8 Å². The van der Waals surface area contributed by atoms with Crippen LogP contribution in [0, 0.1) is 20.8 Å². The van der Waals surface area contributed by atoms with Crippen LogP contribution in [0.3, 0.4) is 0 Å². The minimum Gasteiger partial charge on any atom is -0.478 e. The molecule has 2 rings (SSSR count). The van der Waals surface area contributed by atoms with Crippen molar-refractivity contribution in [1.82, 2.24) is 15.0 Å². The smallest absolute Gasteiger partial charge is 0.338 e. The SMILES string of the molecule is Cc1cc(C)c(C(=O)O)c(Sc2ccnc(C)n2)n1. The van der Waals surface area contributed by atoms with E-state index in [1.54, 1.807) is 32.2 Å². The molecule has 0 radical (unpaired) electrons. The zero-order valence-electron chi connectivity index (χ0n) is 10.8. The average molecular weight is 275 g/mol. The van der Waals surface area contributed by atoms with Gasteiger partial charge in [-0.15, -0.1) is 0 Å². The first-order chi connectivity index (χ1) is 8.97. The Hall–Kier alpha value is -1.95. The van der Waals surface area contributed by atoms with E-state index in [4.69, 9.17) is 0 Å². The lowest BCUT2D eigenvalue weighted by Crippen LogP contribution is -2.05. The quantitative estimate of drug-likeness (QED) is 0.868. The van der Waals surface area contributed by atoms with Gasteiger partial charge in [0.15, 0.2) is 0 Å². The Balaban J connectivity index is 2.47. The Kier molecular flexibility index (Phi) is 3.80. The van der Waals surface area contributed by atoms with Crippen molar-refractivity contribution in [3.05, 3.63) is 41.0 Å². The second-order valence-corrected chi connectivity index (χ2v) is 5.12. The molecule has 0 fully saturated rings. The summed E-state index contributed by atoms with van der Waals surface area (Å²) in [5, 5.41) is 10.4. The van der Waals surface area contributed by atoms with E-state index in [0.717, 1.165) is 5.69 Å². The Morgan fingerprint density at radius 3 is 2.63 bits per heavy atom. The van der Waals surface area contributed by atoms with E-state index in [1.807, 2.05) is 6.92 Å². The number of aromatic carboxylic acids is 1. The van der Waals surface area contributed by atoms with E-state index in [0.29, 0.717) is 21.4 Å². The van der Waals surface area contributed by atoms with Crippen molar-refractivity contribution < 1.29 is 9.90 Å². The Bertz CT molecular complexity index is 644. The molecule has 2 aromatic heterocycles. The number of carboxylic acids is 1. The summed E-state index contributed by atoms with van der Waals surface area (Å²) in [5.41, 5.74) is 1.72. The van der Waals surface area contributed by atoms with Crippen LogP contribution in [0.1, 0.15) is 27.4 Å². The van der Waals surface area contributed by atoms with Crippen molar-refractivity contribution in [1.29, 1.82) is 0 Å². The topological polar surface area (TPSA) is 76.0 Å². The number of nitrogens with zero attached hydrogens (tertiary/aromatic N) is 3. The number of pyridine rings is 1. The van der Waals surface area contributed by atoms with Crippen LogP contribution >= 0.6 is 11.8 Å². The summed E-state index contributed by atoms with van der Waals surface area (Å²) in [5.74, 6) is -0.329. The van der Waals surface area contributed by atoms with Crippen LogP contribution in [0.25, 0.3) is 0 Å². The molecule has 0 unspecified atom stereocenters. The summed E-state index contributed by atoms with van der Waals surface area (Å²) < 4.78 is 0. The molecule has 98 valence electrons. The fraction of sp³-hybridized carbons (Fsp3) is 0.231. The van der Waals surface area contributed by atoms with Gasteiger partial charge in [-0.1, -0.05) is 0 Å². The molecule has 0 aliphatic carbocycles. The molecule has 0 aromatic carbocycles. The molecule has 0 aliphatic heterocycles. The van der Waals surface area contributed by atoms with Crippen LogP contribution in [-0.4, -0.2) is 26.0 Å². The molecule has 0 amide bonds. The zero-order chi connectivity index (χ0) is 14.0. The number of rotatable bonds is 3. The normalized spacial score (nSPS) is 10.5. The van der Waals surface area contributed by atoms with Crippen LogP contribution in [0.2, 0.25) is 0 Å². The summed E-state index contributed by atoms with van der Waals surface area (Å²) in [6.07, 6.45) is 1.65. The molecule has 0 saturated heterocycles. The Morgan fingerprint density at radius 1 is 1.26 bits per heavy atom. The molecule has 0 bridgehead atoms. The molecule has 19 heavy (non-hydrogen) atoms. The number of hydrogen-bond acceptors (Lipinski definition) is 5. The number of aryl methyl sites for hydroxylation is 3. The number of carboxylic acid groups (broad SMARTS) is 1. The van der Waals surface area contributed by atoms with Gasteiger partial charge in [-0.3, -0.25) is 0 Å². The first-order valence-corrected chi connectivity index (χ1v) is 6.48. The maximum Gasteiger partial charge on any atom is 0.338 e. The lowest BCUT2D eigenvalue weighted by molar-refractivity contribution is 0.0691. The van der Waals surface area contributed by atoms with Crippen LogP contribution < -0.4 is 0 Å². The fourth-order valence-electron chi connectivity index (χ4n) is 1.73. The van der Waals surface area contributed by atoms with E-state index >= 15 is 0 Å². The first kappa shape index (κ1) is 13.5. The van der Waals surface area contributed by atoms with Gasteiger partial charge < -0.3 is 5.11 Å². The number of carbonyl (C=O) groups is 1. The maximum atomic E-state index is 11.3. The summed E-state index contributed by atoms with van der Waals surface area (Å²) >= 11 is 1.24. The van der Waals surface area contributed by atoms with Gasteiger partial charge >= 0.3 is 5.97 Å². The predicted octanol–water partition coefficient (Wildman–Crippen LogP) is 2.65. The summed E-state index contributed by atoms with van der Waals surface area (Å²) in [6, 6.07) is 3.50. The monoisotopic (exact) mass is 275 g/mol. The van der Waals surface area contributed by atoms with Gasteiger partial charge in [0.1, 0.15) is 15.9 Å². The van der Waals surface area contributed by atoms with E-state index in [2.05, 4.69) is 15.0 Å². The summed E-state index contributed by atoms with van der Waals surface area (Å²) in [4.78, 5) is 23.9. The number of aromatic nitrogens is 3. The highest BCUT2D eigenvalue weighted by Crippen LogP contribution is 2.29. The zero-order valence-corrected chi connectivity index (χ0v) is 11.7. The van der Waals surface area contributed by atoms with Crippen molar-refractivity contribution >= 4 is 17.7 Å². The third-order valence-corrected chi connectivity index (χ3v) is 3.40. The van der Waals surface area contributed by atoms with Crippen LogP contribution in [-0.2, 0) is 0 Å². The molecular formula is C13H13N3O2S. The molecule has 0 atom stereocenters. The van der Waals surface area contributed by atoms with Gasteiger partial charge in [-0.05, 0) is 50.2 Å². The third kappa shape index (κ3) is 3.08. The molecule has 0 aliphatic rings. The second-order valence-electron chi connectivity index (χ2n) is 4.11. The number of hydrogen-bond donors (Lipinski definition) is 1. The summed E-state index contributed by atoms with van der Waals surface area (Å²) in [6.45, 7) is 5.40. The predicted molar refractivity (Wildman–Crippen MR) is 71.6 cm³/mol. The van der Waals surface area contributed by atoms with E-state index < -0.39 is 5.97 Å². The molecule has 5 nitrogen and oxygen atoms in total. The van der Waals surface area contributed by atoms with Gasteiger partial charge in [0.25, 0.3) is 0 Å². The van der Waals surface area contributed by atoms with Crippen LogP contribution in [0.15, 0.2) is 28.4 Å². The molecule has 6 heteroatoms. The highest BCUT2D eigenvalue weighted by atomic mass is 32.2. The first-order valence-electron chi connectivity index (χ1n) is 5.66. The lowest BCUT2D eigenvalue weighted by atomic mass is 10.1. The van der Waals surface area contributed by atoms with E-state index in [-0.39, 0.29) is 5.56 Å². The van der Waals surface area contributed by atoms with Crippen LogP contribution in [0.4, 0.5) is 0 Å². The fourth-order valence-corrected chi connectivity index (χ4v) is 2.77. The molecule has 2 aromatic rings. The van der Waals surface area contributed by atoms with Crippen molar-refractivity contribution in [2.75, 3.05) is 0 Å². The third-order valence-electron chi connectivity index (χ3n) is 2.48. The van der Waals surface area contributed by atoms with Gasteiger partial charge in [0, 0.05) is 11.9 Å². The largest absolute Gasteiger partial charge is 0.478 e. The highest BCUT2D eigenvalue weighted by Gasteiger charge is 2.17. The summed E-state index contributed by atoms with van der Waals surface area (Å²) in [7, 11) is 0. The average Bonchev–Trinajstić information content (AvgIpc) is 2.26. The van der Waals surface area contributed by atoms with Crippen molar-refractivity contribution in [3.63, 3.8) is 0 Å². The van der Waals surface area contributed by atoms with Crippen LogP contribution in [0.5, 0.6) is 0 Å². The molecular weight excluding hydrogens is 262 g/mol. The van der Waals surface area contributed by atoms with Crippen molar-refractivity contribution in [3.8, 4) is 0 Å². The maximum absolute atomic E-state index is 11.3. The standard InChI is InChI=1S/C13H13N3O2S/c1-7-6-8(2)15-12(11(7)13(17)18)19-10-4-5-14-9(3)16-10/h4-6H,1-3H3,(H,17,18). The Morgan fingerprint density at radius 2 is 2.00 bits per heavy atom. The molecule has 0 spiro atoms. The van der Waals surface area contributed by atoms with Gasteiger partial charge in [-0.25, -0.2) is 19.7 Å². The van der Waals surface area contributed by atoms with Gasteiger partial charge in [0.2, 0.25) is 0 Å². The Labute approximate surface area is 115 Å². The minimum absolute atomic E-state index is 0.229. The van der Waals surface area contributed by atoms with Gasteiger partial charge in [0.05, 0.1) is 5.56 Å². The van der Waals surface area contributed by atoms with Crippen molar-refractivity contribution in [2.24, 2.45) is 0 Å². The lowest BCUT2D eigenvalue weighted by Gasteiger charge is -2.08. The van der Waals surface area contributed by atoms with E-state index in [1.165, 1.54) is 11.8 Å². The molecule has 0 saturated carbocycles.